The second-order valence-corrected chi connectivity index (χ2v) is 8.97. The van der Waals surface area contributed by atoms with Crippen LogP contribution in [0.2, 0.25) is 5.28 Å². The van der Waals surface area contributed by atoms with Crippen LogP contribution in [0, 0.1) is 5.41 Å². The molecule has 2 aromatic rings. The van der Waals surface area contributed by atoms with Crippen molar-refractivity contribution in [3.05, 3.63) is 51.9 Å². The Kier molecular flexibility index (Phi) is 8.37. The van der Waals surface area contributed by atoms with Crippen LogP contribution in [-0.2, 0) is 34.8 Å². The minimum atomic E-state index is -3.30. The highest BCUT2D eigenvalue weighted by Crippen LogP contribution is 2.33. The number of halogens is 3. The van der Waals surface area contributed by atoms with E-state index in [0.29, 0.717) is 49.6 Å². The number of rotatable bonds is 10. The van der Waals surface area contributed by atoms with Crippen LogP contribution in [0.25, 0.3) is 0 Å². The molecular weight excluding hydrogens is 452 g/mol. The molecule has 0 saturated carbocycles. The molecule has 0 radical (unpaired) electrons. The molecule has 33 heavy (non-hydrogen) atoms. The minimum absolute atomic E-state index is 0.0648. The molecule has 2 heterocycles. The Morgan fingerprint density at radius 2 is 2.03 bits per heavy atom. The molecule has 1 saturated heterocycles. The van der Waals surface area contributed by atoms with Gasteiger partial charge in [0.15, 0.2) is 0 Å². The monoisotopic (exact) mass is 481 g/mol. The number of aromatic nitrogens is 2. The number of ether oxygens (including phenoxy) is 1. The molecule has 1 aliphatic heterocycles. The molecule has 3 rings (SSSR count). The highest BCUT2D eigenvalue weighted by atomic mass is 35.5. The molecule has 0 atom stereocenters. The predicted octanol–water partition coefficient (Wildman–Crippen LogP) is 4.71. The van der Waals surface area contributed by atoms with E-state index in [9.17, 15) is 13.6 Å². The summed E-state index contributed by atoms with van der Waals surface area (Å²) >= 11 is 6.17. The maximum absolute atomic E-state index is 13.8. The fourth-order valence-electron chi connectivity index (χ4n) is 4.05. The lowest BCUT2D eigenvalue weighted by Crippen LogP contribution is -2.34. The molecule has 0 spiro atoms. The first-order chi connectivity index (χ1) is 15.7. The Balaban J connectivity index is 1.73. The standard InChI is InChI=1S/C24H30ClF2N3O3/c1-3-18-19(7-8-20(32)23(2)9-11-33-12-10-23)29-22(25)30-21(18)28-14-16-5-4-6-17(13-16)24(26,27)15-31/h4-6,13,31H,3,7-12,14-15H2,1-2H3,(H,28,29,30). The van der Waals surface area contributed by atoms with Gasteiger partial charge in [0.05, 0.1) is 5.69 Å². The Bertz CT molecular complexity index is 981. The number of Topliss-reactive ketones (excluding diaryl/α,β-unsaturated/α-hetero) is 1. The summed E-state index contributed by atoms with van der Waals surface area (Å²) in [4.78, 5) is 21.5. The van der Waals surface area contributed by atoms with Gasteiger partial charge in [0.25, 0.3) is 5.92 Å². The number of nitrogens with one attached hydrogen (secondary N) is 1. The summed E-state index contributed by atoms with van der Waals surface area (Å²) in [5, 5.41) is 12.2. The summed E-state index contributed by atoms with van der Waals surface area (Å²) < 4.78 is 33.0. The lowest BCUT2D eigenvalue weighted by molar-refractivity contribution is -0.132. The molecule has 1 aromatic carbocycles. The van der Waals surface area contributed by atoms with Crippen LogP contribution >= 0.6 is 11.6 Å². The normalized spacial score (nSPS) is 15.9. The van der Waals surface area contributed by atoms with Crippen LogP contribution in [-0.4, -0.2) is 40.7 Å². The average molecular weight is 482 g/mol. The summed E-state index contributed by atoms with van der Waals surface area (Å²) in [6, 6.07) is 5.88. The third-order valence-corrected chi connectivity index (χ3v) is 6.45. The van der Waals surface area contributed by atoms with Gasteiger partial charge in [-0.05, 0) is 48.9 Å². The zero-order valence-electron chi connectivity index (χ0n) is 19.0. The highest BCUT2D eigenvalue weighted by Gasteiger charge is 2.34. The van der Waals surface area contributed by atoms with Crippen LogP contribution in [0.1, 0.15) is 55.5 Å². The Labute approximate surface area is 197 Å². The van der Waals surface area contributed by atoms with Gasteiger partial charge < -0.3 is 15.2 Å². The van der Waals surface area contributed by atoms with E-state index in [-0.39, 0.29) is 28.6 Å². The van der Waals surface area contributed by atoms with Crippen molar-refractivity contribution < 1.29 is 23.4 Å². The summed E-state index contributed by atoms with van der Waals surface area (Å²) in [5.74, 6) is -2.58. The van der Waals surface area contributed by atoms with Gasteiger partial charge in [-0.15, -0.1) is 0 Å². The van der Waals surface area contributed by atoms with Crippen molar-refractivity contribution in [1.82, 2.24) is 9.97 Å². The van der Waals surface area contributed by atoms with Gasteiger partial charge in [-0.1, -0.05) is 32.0 Å². The van der Waals surface area contributed by atoms with Crippen molar-refractivity contribution in [2.75, 3.05) is 25.1 Å². The lowest BCUT2D eigenvalue weighted by Gasteiger charge is -2.32. The molecule has 0 amide bonds. The number of hydrogen-bond donors (Lipinski definition) is 2. The van der Waals surface area contributed by atoms with Crippen molar-refractivity contribution in [3.8, 4) is 0 Å². The average Bonchev–Trinajstić information content (AvgIpc) is 2.81. The number of anilines is 1. The van der Waals surface area contributed by atoms with E-state index < -0.39 is 12.5 Å². The van der Waals surface area contributed by atoms with Gasteiger partial charge in [-0.25, -0.2) is 9.97 Å². The number of alkyl halides is 2. The van der Waals surface area contributed by atoms with Crippen LogP contribution < -0.4 is 5.32 Å². The van der Waals surface area contributed by atoms with E-state index in [1.807, 2.05) is 13.8 Å². The number of carbonyl (C=O) groups excluding carboxylic acids is 1. The van der Waals surface area contributed by atoms with Crippen molar-refractivity contribution in [2.45, 2.75) is 58.4 Å². The predicted molar refractivity (Wildman–Crippen MR) is 123 cm³/mol. The Hall–Kier alpha value is -2.16. The van der Waals surface area contributed by atoms with Crippen LogP contribution in [0.3, 0.4) is 0 Å². The first-order valence-electron chi connectivity index (χ1n) is 11.2. The summed E-state index contributed by atoms with van der Waals surface area (Å²) in [6.45, 7) is 4.15. The molecule has 0 unspecified atom stereocenters. The maximum atomic E-state index is 13.8. The molecule has 9 heteroatoms. The Morgan fingerprint density at radius 1 is 1.30 bits per heavy atom. The number of carbonyl (C=O) groups is 1. The topological polar surface area (TPSA) is 84.3 Å². The molecule has 6 nitrogen and oxygen atoms in total. The molecule has 1 aliphatic rings. The quantitative estimate of drug-likeness (QED) is 0.478. The van der Waals surface area contributed by atoms with E-state index in [4.69, 9.17) is 21.4 Å². The van der Waals surface area contributed by atoms with Gasteiger partial charge >= 0.3 is 0 Å². The van der Waals surface area contributed by atoms with Crippen LogP contribution in [0.4, 0.5) is 14.6 Å². The number of aliphatic hydroxyl groups excluding tert-OH is 1. The van der Waals surface area contributed by atoms with E-state index in [0.717, 1.165) is 18.4 Å². The van der Waals surface area contributed by atoms with Crippen LogP contribution in [0.5, 0.6) is 0 Å². The highest BCUT2D eigenvalue weighted by molar-refractivity contribution is 6.28. The number of aliphatic hydroxyl groups is 1. The van der Waals surface area contributed by atoms with Gasteiger partial charge in [0, 0.05) is 42.7 Å². The van der Waals surface area contributed by atoms with E-state index in [1.165, 1.54) is 18.2 Å². The fraction of sp³-hybridized carbons (Fsp3) is 0.542. The second kappa shape index (κ2) is 10.8. The largest absolute Gasteiger partial charge is 0.390 e. The third-order valence-electron chi connectivity index (χ3n) is 6.29. The molecule has 2 N–H and O–H groups in total. The summed E-state index contributed by atoms with van der Waals surface area (Å²) in [7, 11) is 0. The number of benzene rings is 1. The van der Waals surface area contributed by atoms with E-state index in [2.05, 4.69) is 15.3 Å². The van der Waals surface area contributed by atoms with Gasteiger partial charge in [0.1, 0.15) is 18.2 Å². The first-order valence-corrected chi connectivity index (χ1v) is 11.5. The van der Waals surface area contributed by atoms with Crippen molar-refractivity contribution in [1.29, 1.82) is 0 Å². The smallest absolute Gasteiger partial charge is 0.295 e. The molecule has 0 bridgehead atoms. The molecule has 1 aromatic heterocycles. The first kappa shape index (κ1) is 25.5. The SMILES string of the molecule is CCc1c(CCC(=O)C2(C)CCOCC2)nc(Cl)nc1NCc1cccc(C(F)(F)CO)c1. The zero-order chi connectivity index (χ0) is 24.1. The van der Waals surface area contributed by atoms with Gasteiger partial charge in [-0.3, -0.25) is 4.79 Å². The number of aryl methyl sites for hydroxylation is 1. The van der Waals surface area contributed by atoms with Gasteiger partial charge in [0.2, 0.25) is 5.28 Å². The number of nitrogens with zero attached hydrogens (tertiary/aromatic N) is 2. The number of hydrogen-bond acceptors (Lipinski definition) is 6. The third kappa shape index (κ3) is 6.25. The lowest BCUT2D eigenvalue weighted by atomic mass is 9.77. The fourth-order valence-corrected chi connectivity index (χ4v) is 4.23. The van der Waals surface area contributed by atoms with Crippen molar-refractivity contribution in [2.24, 2.45) is 5.41 Å². The molecule has 0 aliphatic carbocycles. The Morgan fingerprint density at radius 3 is 2.70 bits per heavy atom. The summed E-state index contributed by atoms with van der Waals surface area (Å²) in [6.07, 6.45) is 2.87. The van der Waals surface area contributed by atoms with Crippen molar-refractivity contribution in [3.63, 3.8) is 0 Å². The van der Waals surface area contributed by atoms with E-state index in [1.54, 1.807) is 6.07 Å². The maximum Gasteiger partial charge on any atom is 0.295 e. The van der Waals surface area contributed by atoms with Crippen LogP contribution in [0.15, 0.2) is 24.3 Å². The summed E-state index contributed by atoms with van der Waals surface area (Å²) in [5.41, 5.74) is 1.55. The van der Waals surface area contributed by atoms with Gasteiger partial charge in [-0.2, -0.15) is 8.78 Å². The number of ketones is 1. The zero-order valence-corrected chi connectivity index (χ0v) is 19.7. The molecular formula is C24H30ClF2N3O3. The molecule has 180 valence electrons. The minimum Gasteiger partial charge on any atom is -0.390 e. The van der Waals surface area contributed by atoms with Crippen molar-refractivity contribution >= 4 is 23.2 Å². The second-order valence-electron chi connectivity index (χ2n) is 8.63. The van der Waals surface area contributed by atoms with E-state index >= 15 is 0 Å². The molecule has 1 fully saturated rings.